The summed E-state index contributed by atoms with van der Waals surface area (Å²) in [7, 11) is 0. The van der Waals surface area contributed by atoms with Crippen LogP contribution in [0.1, 0.15) is 37.7 Å². The number of anilines is 1. The zero-order valence-corrected chi connectivity index (χ0v) is 20.4. The molecule has 0 spiro atoms. The van der Waals surface area contributed by atoms with Crippen LogP contribution in [0.15, 0.2) is 66.9 Å². The lowest BCUT2D eigenvalue weighted by atomic mass is 10.0. The first kappa shape index (κ1) is 24.7. The number of hydrogen-bond donors (Lipinski definition) is 1. The molecule has 7 heteroatoms. The van der Waals surface area contributed by atoms with Crippen LogP contribution in [0.25, 0.3) is 22.2 Å². The van der Waals surface area contributed by atoms with Crippen LogP contribution >= 0.6 is 0 Å². The monoisotopic (exact) mass is 475 g/mol. The van der Waals surface area contributed by atoms with Gasteiger partial charge in [0, 0.05) is 36.2 Å². The van der Waals surface area contributed by atoms with E-state index in [1.165, 1.54) is 23.9 Å². The van der Waals surface area contributed by atoms with Gasteiger partial charge in [-0.15, -0.1) is 0 Å². The Labute approximate surface area is 205 Å². The second kappa shape index (κ2) is 10.9. The van der Waals surface area contributed by atoms with Crippen LogP contribution in [0.4, 0.5) is 14.6 Å². The summed E-state index contributed by atoms with van der Waals surface area (Å²) in [5, 5.41) is 4.33. The molecule has 2 aromatic carbocycles. The van der Waals surface area contributed by atoms with Crippen LogP contribution < -0.4 is 5.32 Å². The molecule has 0 aliphatic heterocycles. The Morgan fingerprint density at radius 1 is 0.943 bits per heavy atom. The number of alkyl halides is 2. The van der Waals surface area contributed by atoms with E-state index in [0.29, 0.717) is 23.4 Å². The number of pyridine rings is 1. The van der Waals surface area contributed by atoms with E-state index in [1.54, 1.807) is 0 Å². The molecule has 0 amide bonds. The molecular weight excluding hydrogens is 444 g/mol. The Morgan fingerprint density at radius 2 is 1.71 bits per heavy atom. The van der Waals surface area contributed by atoms with Gasteiger partial charge in [-0.1, -0.05) is 50.2 Å². The van der Waals surface area contributed by atoms with Crippen molar-refractivity contribution in [2.45, 2.75) is 39.7 Å². The predicted octanol–water partition coefficient (Wildman–Crippen LogP) is 6.30. The van der Waals surface area contributed by atoms with E-state index >= 15 is 0 Å². The quantitative estimate of drug-likeness (QED) is 0.292. The molecule has 2 aromatic heterocycles. The van der Waals surface area contributed by atoms with Crippen molar-refractivity contribution in [3.63, 3.8) is 0 Å². The molecule has 0 atom stereocenters. The maximum atomic E-state index is 14.3. The number of nitrogens with one attached hydrogen (secondary N) is 1. The third-order valence-electron chi connectivity index (χ3n) is 6.11. The minimum atomic E-state index is -3.00. The number of fused-ring (bicyclic) bond motifs is 1. The number of hydrogen-bond acceptors (Lipinski definition) is 5. The molecule has 0 fully saturated rings. The molecule has 35 heavy (non-hydrogen) atoms. The van der Waals surface area contributed by atoms with Crippen LogP contribution in [-0.4, -0.2) is 39.5 Å². The van der Waals surface area contributed by atoms with Crippen LogP contribution in [0.3, 0.4) is 0 Å². The first-order chi connectivity index (χ1) is 16.9. The van der Waals surface area contributed by atoms with Crippen LogP contribution in [0, 0.1) is 0 Å². The highest BCUT2D eigenvalue weighted by Crippen LogP contribution is 2.35. The van der Waals surface area contributed by atoms with Crippen molar-refractivity contribution in [3.8, 4) is 11.3 Å². The van der Waals surface area contributed by atoms with Gasteiger partial charge >= 0.3 is 0 Å². The minimum Gasteiger partial charge on any atom is -0.369 e. The third-order valence-corrected chi connectivity index (χ3v) is 6.11. The molecule has 0 saturated heterocycles. The summed E-state index contributed by atoms with van der Waals surface area (Å²) in [6.07, 6.45) is 2.40. The zero-order valence-electron chi connectivity index (χ0n) is 20.4. The van der Waals surface area contributed by atoms with Gasteiger partial charge in [0.15, 0.2) is 0 Å². The summed E-state index contributed by atoms with van der Waals surface area (Å²) < 4.78 is 28.5. The smallest absolute Gasteiger partial charge is 0.272 e. The van der Waals surface area contributed by atoms with Crippen LogP contribution in [0.5, 0.6) is 0 Å². The molecule has 0 aliphatic rings. The van der Waals surface area contributed by atoms with Crippen LogP contribution in [0.2, 0.25) is 0 Å². The summed E-state index contributed by atoms with van der Waals surface area (Å²) >= 11 is 0. The largest absolute Gasteiger partial charge is 0.369 e. The summed E-state index contributed by atoms with van der Waals surface area (Å²) in [4.78, 5) is 16.2. The lowest BCUT2D eigenvalue weighted by Crippen LogP contribution is -2.23. The third kappa shape index (κ3) is 5.98. The van der Waals surface area contributed by atoms with Crippen molar-refractivity contribution in [1.29, 1.82) is 0 Å². The number of nitrogens with zero attached hydrogens (tertiary/aromatic N) is 4. The van der Waals surface area contributed by atoms with E-state index in [4.69, 9.17) is 9.97 Å². The standard InChI is InChI=1S/C28H31F2N5/c1-4-35(5-2)19-25-33-24-18-21(26-23(28(3,29)30)12-9-16-31-26)13-14-22(24)27(34-25)32-17-15-20-10-7-6-8-11-20/h6-14,16,18H,4-5,15,17,19H2,1-3H3,(H,32,33,34). The van der Waals surface area contributed by atoms with Gasteiger partial charge in [0.05, 0.1) is 17.8 Å². The molecular formula is C28H31F2N5. The highest BCUT2D eigenvalue weighted by molar-refractivity contribution is 5.92. The second-order valence-electron chi connectivity index (χ2n) is 8.63. The average molecular weight is 476 g/mol. The summed E-state index contributed by atoms with van der Waals surface area (Å²) in [5.74, 6) is -1.55. The average Bonchev–Trinajstić information content (AvgIpc) is 2.87. The fraction of sp³-hybridized carbons (Fsp3) is 0.321. The number of rotatable bonds is 10. The molecule has 0 radical (unpaired) electrons. The second-order valence-corrected chi connectivity index (χ2v) is 8.63. The zero-order chi connectivity index (χ0) is 24.8. The number of benzene rings is 2. The Hall–Kier alpha value is -3.45. The molecule has 4 aromatic rings. The van der Waals surface area contributed by atoms with E-state index in [1.807, 2.05) is 36.4 Å². The summed E-state index contributed by atoms with van der Waals surface area (Å²) in [6.45, 7) is 8.21. The first-order valence-corrected chi connectivity index (χ1v) is 12.0. The van der Waals surface area contributed by atoms with E-state index < -0.39 is 5.92 Å². The Bertz CT molecular complexity index is 1270. The summed E-state index contributed by atoms with van der Waals surface area (Å²) in [6, 6.07) is 18.8. The van der Waals surface area contributed by atoms with Crippen molar-refractivity contribution in [1.82, 2.24) is 19.9 Å². The lowest BCUT2D eigenvalue weighted by molar-refractivity contribution is 0.0178. The molecule has 1 N–H and O–H groups in total. The fourth-order valence-electron chi connectivity index (χ4n) is 4.14. The van der Waals surface area contributed by atoms with Crippen molar-refractivity contribution in [2.75, 3.05) is 25.0 Å². The molecule has 0 saturated carbocycles. The number of aromatic nitrogens is 3. The Morgan fingerprint density at radius 3 is 2.43 bits per heavy atom. The van der Waals surface area contributed by atoms with Gasteiger partial charge in [0.25, 0.3) is 5.92 Å². The van der Waals surface area contributed by atoms with Gasteiger partial charge in [-0.05, 0) is 49.3 Å². The van der Waals surface area contributed by atoms with Crippen molar-refractivity contribution in [2.24, 2.45) is 0 Å². The Balaban J connectivity index is 1.72. The SMILES string of the molecule is CCN(CC)Cc1nc(NCCc2ccccc2)c2ccc(-c3ncccc3C(C)(F)F)cc2n1. The minimum absolute atomic E-state index is 0.0991. The van der Waals surface area contributed by atoms with Gasteiger partial charge in [-0.2, -0.15) is 0 Å². The van der Waals surface area contributed by atoms with Crippen molar-refractivity contribution < 1.29 is 8.78 Å². The maximum absolute atomic E-state index is 14.3. The molecule has 182 valence electrons. The van der Waals surface area contributed by atoms with E-state index in [0.717, 1.165) is 44.2 Å². The topological polar surface area (TPSA) is 53.9 Å². The summed E-state index contributed by atoms with van der Waals surface area (Å²) in [5.41, 5.74) is 2.73. The van der Waals surface area contributed by atoms with Gasteiger partial charge < -0.3 is 5.32 Å². The van der Waals surface area contributed by atoms with Gasteiger partial charge in [0.1, 0.15) is 11.6 Å². The first-order valence-electron chi connectivity index (χ1n) is 12.0. The molecule has 0 aliphatic carbocycles. The lowest BCUT2D eigenvalue weighted by Gasteiger charge is -2.19. The van der Waals surface area contributed by atoms with E-state index in [2.05, 4.69) is 41.2 Å². The number of halogens is 2. The molecule has 4 rings (SSSR count). The van der Waals surface area contributed by atoms with Crippen molar-refractivity contribution in [3.05, 3.63) is 83.8 Å². The van der Waals surface area contributed by atoms with E-state index in [-0.39, 0.29) is 11.3 Å². The Kier molecular flexibility index (Phi) is 7.66. The molecule has 2 heterocycles. The fourth-order valence-corrected chi connectivity index (χ4v) is 4.14. The normalized spacial score (nSPS) is 11.8. The van der Waals surface area contributed by atoms with Crippen molar-refractivity contribution >= 4 is 16.7 Å². The van der Waals surface area contributed by atoms with Gasteiger partial charge in [0.2, 0.25) is 0 Å². The maximum Gasteiger partial charge on any atom is 0.272 e. The molecule has 0 unspecified atom stereocenters. The highest BCUT2D eigenvalue weighted by atomic mass is 19.3. The molecule has 5 nitrogen and oxygen atoms in total. The highest BCUT2D eigenvalue weighted by Gasteiger charge is 2.28. The van der Waals surface area contributed by atoms with Crippen LogP contribution in [-0.2, 0) is 18.9 Å². The van der Waals surface area contributed by atoms with Gasteiger partial charge in [-0.25, -0.2) is 18.7 Å². The predicted molar refractivity (Wildman–Crippen MR) is 138 cm³/mol. The van der Waals surface area contributed by atoms with Gasteiger partial charge in [-0.3, -0.25) is 9.88 Å². The molecule has 0 bridgehead atoms. The van der Waals surface area contributed by atoms with E-state index in [9.17, 15) is 8.78 Å².